The zero-order valence-electron chi connectivity index (χ0n) is 20.0. The Morgan fingerprint density at radius 1 is 1.03 bits per heavy atom. The second kappa shape index (κ2) is 10.4. The van der Waals surface area contributed by atoms with Gasteiger partial charge in [-0.05, 0) is 75.4 Å². The van der Waals surface area contributed by atoms with Crippen LogP contribution in [0.1, 0.15) is 48.2 Å². The number of nitrogens with one attached hydrogen (secondary N) is 2. The fraction of sp³-hybridized carbons (Fsp3) is 0.308. The fourth-order valence-corrected chi connectivity index (χ4v) is 5.35. The number of carbonyl (C=O) groups excluding carboxylic acids is 1. The standard InChI is InChI=1S/C26H30N4O4S/c1-19-24(26(32)30(29(19)2)22-11-7-4-8-12-22)28-35(33,34)23-15-13-21(14-16-23)25(31)27-18-17-20-9-5-3-6-10-20/h4,7-9,11-16,28H,3,5-6,10,17-18H2,1-2H3,(H,27,31). The van der Waals surface area contributed by atoms with Crippen LogP contribution in [0, 0.1) is 6.92 Å². The van der Waals surface area contributed by atoms with Crippen LogP contribution in [0.5, 0.6) is 0 Å². The van der Waals surface area contributed by atoms with Crippen molar-refractivity contribution in [3.05, 3.63) is 87.9 Å². The minimum absolute atomic E-state index is 0.0183. The van der Waals surface area contributed by atoms with Gasteiger partial charge in [-0.15, -0.1) is 0 Å². The maximum Gasteiger partial charge on any atom is 0.296 e. The summed E-state index contributed by atoms with van der Waals surface area (Å²) in [5.74, 6) is -0.247. The predicted octanol–water partition coefficient (Wildman–Crippen LogP) is 3.91. The van der Waals surface area contributed by atoms with Gasteiger partial charge in [0.15, 0.2) is 0 Å². The fourth-order valence-electron chi connectivity index (χ4n) is 4.23. The number of rotatable bonds is 8. The van der Waals surface area contributed by atoms with E-state index in [1.807, 2.05) is 6.07 Å². The van der Waals surface area contributed by atoms with Gasteiger partial charge in [0.25, 0.3) is 21.5 Å². The van der Waals surface area contributed by atoms with Gasteiger partial charge in [-0.2, -0.15) is 0 Å². The van der Waals surface area contributed by atoms with Crippen LogP contribution in [0.2, 0.25) is 0 Å². The van der Waals surface area contributed by atoms with Gasteiger partial charge < -0.3 is 5.32 Å². The van der Waals surface area contributed by atoms with E-state index in [4.69, 9.17) is 0 Å². The third kappa shape index (κ3) is 5.40. The van der Waals surface area contributed by atoms with Crippen LogP contribution in [0.25, 0.3) is 5.69 Å². The summed E-state index contributed by atoms with van der Waals surface area (Å²) in [6, 6.07) is 14.7. The van der Waals surface area contributed by atoms with Crippen LogP contribution >= 0.6 is 0 Å². The molecule has 9 heteroatoms. The summed E-state index contributed by atoms with van der Waals surface area (Å²) in [5.41, 5.74) is 2.38. The maximum atomic E-state index is 13.0. The van der Waals surface area contributed by atoms with Gasteiger partial charge in [-0.25, -0.2) is 13.1 Å². The summed E-state index contributed by atoms with van der Waals surface area (Å²) in [4.78, 5) is 25.5. The minimum atomic E-state index is -4.03. The normalized spacial score (nSPS) is 13.8. The molecule has 4 rings (SSSR count). The molecule has 1 aliphatic rings. The van der Waals surface area contributed by atoms with E-state index < -0.39 is 15.6 Å². The van der Waals surface area contributed by atoms with Crippen LogP contribution in [0.4, 0.5) is 5.69 Å². The zero-order valence-corrected chi connectivity index (χ0v) is 20.8. The molecule has 184 valence electrons. The number of amides is 1. The molecule has 0 fully saturated rings. The predicted molar refractivity (Wildman–Crippen MR) is 136 cm³/mol. The van der Waals surface area contributed by atoms with E-state index in [9.17, 15) is 18.0 Å². The second-order valence-electron chi connectivity index (χ2n) is 8.68. The smallest absolute Gasteiger partial charge is 0.296 e. The van der Waals surface area contributed by atoms with E-state index in [1.54, 1.807) is 42.9 Å². The molecule has 1 amide bonds. The number of para-hydroxylation sites is 1. The highest BCUT2D eigenvalue weighted by Gasteiger charge is 2.22. The summed E-state index contributed by atoms with van der Waals surface area (Å²) in [6.45, 7) is 2.22. The van der Waals surface area contributed by atoms with Gasteiger partial charge in [0.05, 0.1) is 16.3 Å². The number of allylic oxidation sites excluding steroid dienone is 1. The Morgan fingerprint density at radius 3 is 2.40 bits per heavy atom. The molecule has 0 radical (unpaired) electrons. The third-order valence-electron chi connectivity index (χ3n) is 6.33. The molecule has 1 heterocycles. The Hall–Kier alpha value is -3.59. The summed E-state index contributed by atoms with van der Waals surface area (Å²) >= 11 is 0. The monoisotopic (exact) mass is 494 g/mol. The number of anilines is 1. The Labute approximate surface area is 205 Å². The molecule has 8 nitrogen and oxygen atoms in total. The van der Waals surface area contributed by atoms with Crippen LogP contribution in [-0.4, -0.2) is 30.2 Å². The quantitative estimate of drug-likeness (QED) is 0.464. The molecule has 35 heavy (non-hydrogen) atoms. The second-order valence-corrected chi connectivity index (χ2v) is 10.4. The molecule has 0 saturated carbocycles. The summed E-state index contributed by atoms with van der Waals surface area (Å²) in [7, 11) is -2.34. The van der Waals surface area contributed by atoms with Gasteiger partial charge >= 0.3 is 0 Å². The first-order chi connectivity index (χ1) is 16.8. The molecule has 1 aromatic heterocycles. The highest BCUT2D eigenvalue weighted by Crippen LogP contribution is 2.21. The topological polar surface area (TPSA) is 102 Å². The van der Waals surface area contributed by atoms with E-state index in [1.165, 1.54) is 47.4 Å². The van der Waals surface area contributed by atoms with Crippen molar-refractivity contribution < 1.29 is 13.2 Å². The largest absolute Gasteiger partial charge is 0.352 e. The first-order valence-corrected chi connectivity index (χ1v) is 13.2. The van der Waals surface area contributed by atoms with E-state index in [0.717, 1.165) is 19.3 Å². The van der Waals surface area contributed by atoms with Crippen LogP contribution < -0.4 is 15.6 Å². The molecule has 1 aliphatic carbocycles. The Kier molecular flexibility index (Phi) is 7.25. The van der Waals surface area contributed by atoms with Gasteiger partial charge in [0, 0.05) is 19.2 Å². The lowest BCUT2D eigenvalue weighted by atomic mass is 9.97. The van der Waals surface area contributed by atoms with E-state index in [0.29, 0.717) is 23.5 Å². The van der Waals surface area contributed by atoms with Crippen molar-refractivity contribution in [1.29, 1.82) is 0 Å². The molecule has 0 spiro atoms. The first kappa shape index (κ1) is 24.5. The first-order valence-electron chi connectivity index (χ1n) is 11.7. The molecule has 0 unspecified atom stereocenters. The minimum Gasteiger partial charge on any atom is -0.352 e. The molecule has 3 aromatic rings. The van der Waals surface area contributed by atoms with Crippen molar-refractivity contribution in [3.63, 3.8) is 0 Å². The Morgan fingerprint density at radius 2 is 1.74 bits per heavy atom. The molecular weight excluding hydrogens is 464 g/mol. The average Bonchev–Trinajstić information content (AvgIpc) is 3.08. The number of hydrogen-bond acceptors (Lipinski definition) is 4. The highest BCUT2D eigenvalue weighted by molar-refractivity contribution is 7.92. The molecule has 2 aromatic carbocycles. The molecule has 0 aliphatic heterocycles. The Balaban J connectivity index is 1.46. The van der Waals surface area contributed by atoms with Crippen LogP contribution in [0.15, 0.2) is 75.9 Å². The van der Waals surface area contributed by atoms with Crippen molar-refractivity contribution in [1.82, 2.24) is 14.7 Å². The van der Waals surface area contributed by atoms with Gasteiger partial charge in [-0.3, -0.25) is 19.0 Å². The van der Waals surface area contributed by atoms with E-state index in [-0.39, 0.29) is 16.5 Å². The van der Waals surface area contributed by atoms with Crippen molar-refractivity contribution in [2.24, 2.45) is 7.05 Å². The van der Waals surface area contributed by atoms with Crippen LogP contribution in [-0.2, 0) is 17.1 Å². The summed E-state index contributed by atoms with van der Waals surface area (Å²) in [6.07, 6.45) is 7.71. The number of hydrogen-bond donors (Lipinski definition) is 2. The highest BCUT2D eigenvalue weighted by atomic mass is 32.2. The van der Waals surface area contributed by atoms with Crippen molar-refractivity contribution in [2.45, 2.75) is 43.9 Å². The zero-order chi connectivity index (χ0) is 25.0. The van der Waals surface area contributed by atoms with Gasteiger partial charge in [-0.1, -0.05) is 29.8 Å². The van der Waals surface area contributed by atoms with Crippen molar-refractivity contribution in [2.75, 3.05) is 11.3 Å². The van der Waals surface area contributed by atoms with Crippen molar-refractivity contribution >= 4 is 21.6 Å². The molecule has 0 atom stereocenters. The van der Waals surface area contributed by atoms with Gasteiger partial charge in [0.1, 0.15) is 5.69 Å². The number of aromatic nitrogens is 2. The average molecular weight is 495 g/mol. The SMILES string of the molecule is Cc1c(NS(=O)(=O)c2ccc(C(=O)NCCC3=CCCCC3)cc2)c(=O)n(-c2ccccc2)n1C. The lowest BCUT2D eigenvalue weighted by Gasteiger charge is -2.13. The number of benzene rings is 2. The van der Waals surface area contributed by atoms with Crippen molar-refractivity contribution in [3.8, 4) is 5.69 Å². The molecule has 0 saturated heterocycles. The lowest BCUT2D eigenvalue weighted by Crippen LogP contribution is -2.25. The summed E-state index contributed by atoms with van der Waals surface area (Å²) in [5, 5.41) is 2.89. The summed E-state index contributed by atoms with van der Waals surface area (Å²) < 4.78 is 31.5. The van der Waals surface area contributed by atoms with E-state index in [2.05, 4.69) is 16.1 Å². The Bertz CT molecular complexity index is 1400. The van der Waals surface area contributed by atoms with Crippen LogP contribution in [0.3, 0.4) is 0 Å². The molecule has 0 bridgehead atoms. The van der Waals surface area contributed by atoms with Gasteiger partial charge in [0.2, 0.25) is 0 Å². The molecular formula is C26H30N4O4S. The lowest BCUT2D eigenvalue weighted by molar-refractivity contribution is 0.0954. The number of sulfonamides is 1. The number of carbonyl (C=O) groups is 1. The third-order valence-corrected chi connectivity index (χ3v) is 7.70. The van der Waals surface area contributed by atoms with E-state index >= 15 is 0 Å². The number of nitrogens with zero attached hydrogens (tertiary/aromatic N) is 2. The maximum absolute atomic E-state index is 13.0. The molecule has 2 N–H and O–H groups in total.